The van der Waals surface area contributed by atoms with Crippen molar-refractivity contribution in [3.63, 3.8) is 0 Å². The maximum atomic E-state index is 14.5. The van der Waals surface area contributed by atoms with Gasteiger partial charge in [-0.25, -0.2) is 4.39 Å². The van der Waals surface area contributed by atoms with Gasteiger partial charge in [-0.1, -0.05) is 6.07 Å². The molecule has 0 amide bonds. The molecule has 4 fully saturated rings. The topological polar surface area (TPSA) is 9.23 Å². The maximum Gasteiger partial charge on any atom is 0.200 e. The number of rotatable bonds is 2. The average molecular weight is 278 g/mol. The molecule has 108 valence electrons. The minimum absolute atomic E-state index is 0.0102. The fourth-order valence-electron chi connectivity index (χ4n) is 5.54. The Bertz CT molecular complexity index is 517. The molecule has 1 aromatic carbocycles. The van der Waals surface area contributed by atoms with Gasteiger partial charge in [-0.3, -0.25) is 0 Å². The fraction of sp³-hybridized carbons (Fsp3) is 0.647. The van der Waals surface area contributed by atoms with E-state index in [2.05, 4.69) is 0 Å². The molecule has 0 saturated heterocycles. The maximum absolute atomic E-state index is 14.5. The molecule has 0 aromatic heterocycles. The van der Waals surface area contributed by atoms with E-state index in [9.17, 15) is 8.78 Å². The minimum Gasteiger partial charge on any atom is -0.494 e. The van der Waals surface area contributed by atoms with Gasteiger partial charge in [-0.2, -0.15) is 4.39 Å². The van der Waals surface area contributed by atoms with Crippen LogP contribution in [0.5, 0.6) is 5.75 Å². The lowest BCUT2D eigenvalue weighted by Gasteiger charge is -2.57. The van der Waals surface area contributed by atoms with Gasteiger partial charge in [-0.15, -0.1) is 0 Å². The molecule has 4 aliphatic carbocycles. The second-order valence-electron chi connectivity index (χ2n) is 7.14. The molecule has 4 saturated carbocycles. The molecule has 0 heterocycles. The van der Waals surface area contributed by atoms with Crippen LogP contribution in [-0.4, -0.2) is 7.11 Å². The fourth-order valence-corrected chi connectivity index (χ4v) is 5.54. The molecule has 0 radical (unpaired) electrons. The zero-order valence-corrected chi connectivity index (χ0v) is 11.8. The van der Waals surface area contributed by atoms with Crippen LogP contribution in [0.4, 0.5) is 8.78 Å². The number of benzene rings is 1. The molecule has 5 rings (SSSR count). The normalized spacial score (nSPS) is 38.2. The smallest absolute Gasteiger partial charge is 0.200 e. The van der Waals surface area contributed by atoms with Crippen molar-refractivity contribution in [3.05, 3.63) is 29.3 Å². The van der Waals surface area contributed by atoms with Gasteiger partial charge in [0.25, 0.3) is 0 Å². The number of methoxy groups -OCH3 is 1. The molecule has 20 heavy (non-hydrogen) atoms. The SMILES string of the molecule is COc1ccc(C23CC4CC(CC(C4)C2)C3)c(F)c1F. The van der Waals surface area contributed by atoms with E-state index in [1.807, 2.05) is 0 Å². The van der Waals surface area contributed by atoms with Gasteiger partial charge < -0.3 is 4.74 Å². The Hall–Kier alpha value is -1.12. The van der Waals surface area contributed by atoms with E-state index in [0.717, 1.165) is 37.0 Å². The summed E-state index contributed by atoms with van der Waals surface area (Å²) in [7, 11) is 1.38. The Morgan fingerprint density at radius 2 is 1.50 bits per heavy atom. The Balaban J connectivity index is 1.79. The van der Waals surface area contributed by atoms with E-state index in [-0.39, 0.29) is 11.2 Å². The van der Waals surface area contributed by atoms with Crippen LogP contribution in [0, 0.1) is 29.4 Å². The van der Waals surface area contributed by atoms with Gasteiger partial charge >= 0.3 is 0 Å². The molecule has 1 aromatic rings. The number of halogens is 2. The second-order valence-corrected chi connectivity index (χ2v) is 7.14. The van der Waals surface area contributed by atoms with Crippen molar-refractivity contribution in [2.75, 3.05) is 7.11 Å². The van der Waals surface area contributed by atoms with Crippen LogP contribution < -0.4 is 4.74 Å². The molecule has 0 N–H and O–H groups in total. The van der Waals surface area contributed by atoms with E-state index >= 15 is 0 Å². The van der Waals surface area contributed by atoms with Gasteiger partial charge in [0.15, 0.2) is 11.6 Å². The first-order valence-corrected chi connectivity index (χ1v) is 7.64. The van der Waals surface area contributed by atoms with Crippen LogP contribution >= 0.6 is 0 Å². The van der Waals surface area contributed by atoms with Crippen molar-refractivity contribution in [1.82, 2.24) is 0 Å². The molecule has 3 heteroatoms. The predicted octanol–water partition coefficient (Wildman–Crippen LogP) is 4.44. The average Bonchev–Trinajstić information content (AvgIpc) is 2.40. The van der Waals surface area contributed by atoms with Crippen molar-refractivity contribution in [2.24, 2.45) is 17.8 Å². The Morgan fingerprint density at radius 1 is 0.950 bits per heavy atom. The highest BCUT2D eigenvalue weighted by Crippen LogP contribution is 2.61. The summed E-state index contributed by atoms with van der Waals surface area (Å²) in [6.07, 6.45) is 7.05. The second kappa shape index (κ2) is 4.19. The third kappa shape index (κ3) is 1.64. The summed E-state index contributed by atoms with van der Waals surface area (Å²) in [5, 5.41) is 0. The van der Waals surface area contributed by atoms with E-state index in [0.29, 0.717) is 5.56 Å². The highest BCUT2D eigenvalue weighted by Gasteiger charge is 2.52. The summed E-state index contributed by atoms with van der Waals surface area (Å²) in [5.41, 5.74) is 0.501. The van der Waals surface area contributed by atoms with Gasteiger partial charge in [0, 0.05) is 0 Å². The third-order valence-electron chi connectivity index (χ3n) is 5.88. The molecular formula is C17H20F2O. The summed E-state index contributed by atoms with van der Waals surface area (Å²) >= 11 is 0. The lowest BCUT2D eigenvalue weighted by Crippen LogP contribution is -2.49. The quantitative estimate of drug-likeness (QED) is 0.777. The number of hydrogen-bond donors (Lipinski definition) is 0. The van der Waals surface area contributed by atoms with E-state index in [4.69, 9.17) is 4.74 Å². The Labute approximate surface area is 118 Å². The lowest BCUT2D eigenvalue weighted by molar-refractivity contribution is -0.00707. The zero-order valence-electron chi connectivity index (χ0n) is 11.8. The molecule has 0 spiro atoms. The van der Waals surface area contributed by atoms with Gasteiger partial charge in [0.05, 0.1) is 7.11 Å². The van der Waals surface area contributed by atoms with Crippen molar-refractivity contribution >= 4 is 0 Å². The molecule has 0 atom stereocenters. The minimum atomic E-state index is -0.819. The molecule has 4 bridgehead atoms. The van der Waals surface area contributed by atoms with Gasteiger partial charge in [0.1, 0.15) is 0 Å². The van der Waals surface area contributed by atoms with Gasteiger partial charge in [0.2, 0.25) is 5.82 Å². The van der Waals surface area contributed by atoms with E-state index in [1.165, 1.54) is 26.4 Å². The summed E-state index contributed by atoms with van der Waals surface area (Å²) in [5.74, 6) is 0.700. The summed E-state index contributed by atoms with van der Waals surface area (Å²) in [4.78, 5) is 0. The monoisotopic (exact) mass is 278 g/mol. The third-order valence-corrected chi connectivity index (χ3v) is 5.88. The molecule has 0 unspecified atom stereocenters. The largest absolute Gasteiger partial charge is 0.494 e. The lowest BCUT2D eigenvalue weighted by atomic mass is 9.48. The van der Waals surface area contributed by atoms with Crippen molar-refractivity contribution in [3.8, 4) is 5.75 Å². The Kier molecular flexibility index (Phi) is 2.64. The molecule has 1 nitrogen and oxygen atoms in total. The predicted molar refractivity (Wildman–Crippen MR) is 72.8 cm³/mol. The molecule has 0 aliphatic heterocycles. The first-order chi connectivity index (χ1) is 9.61. The molecular weight excluding hydrogens is 258 g/mol. The highest BCUT2D eigenvalue weighted by atomic mass is 19.2. The summed E-state index contributed by atoms with van der Waals surface area (Å²) < 4.78 is 33.4. The summed E-state index contributed by atoms with van der Waals surface area (Å²) in [6, 6.07) is 3.36. The first kappa shape index (κ1) is 12.6. The van der Waals surface area contributed by atoms with Crippen molar-refractivity contribution < 1.29 is 13.5 Å². The number of ether oxygens (including phenoxy) is 1. The van der Waals surface area contributed by atoms with E-state index in [1.54, 1.807) is 12.1 Å². The zero-order chi connectivity index (χ0) is 13.9. The van der Waals surface area contributed by atoms with Crippen LogP contribution in [-0.2, 0) is 5.41 Å². The van der Waals surface area contributed by atoms with Crippen molar-refractivity contribution in [2.45, 2.75) is 43.9 Å². The van der Waals surface area contributed by atoms with Crippen LogP contribution in [0.25, 0.3) is 0 Å². The first-order valence-electron chi connectivity index (χ1n) is 7.64. The van der Waals surface area contributed by atoms with Crippen LogP contribution in [0.15, 0.2) is 12.1 Å². The van der Waals surface area contributed by atoms with Gasteiger partial charge in [-0.05, 0) is 73.3 Å². The van der Waals surface area contributed by atoms with Crippen LogP contribution in [0.3, 0.4) is 0 Å². The number of hydrogen-bond acceptors (Lipinski definition) is 1. The standard InChI is InChI=1S/C17H20F2O/c1-20-14-3-2-13(15(18)16(14)19)17-7-10-4-11(8-17)6-12(5-10)9-17/h2-3,10-12H,4-9H2,1H3. The van der Waals surface area contributed by atoms with E-state index < -0.39 is 11.6 Å². The summed E-state index contributed by atoms with van der Waals surface area (Å²) in [6.45, 7) is 0. The Morgan fingerprint density at radius 3 is 2.00 bits per heavy atom. The van der Waals surface area contributed by atoms with Crippen LogP contribution in [0.2, 0.25) is 0 Å². The van der Waals surface area contributed by atoms with Crippen molar-refractivity contribution in [1.29, 1.82) is 0 Å². The van der Waals surface area contributed by atoms with Crippen LogP contribution in [0.1, 0.15) is 44.1 Å². The highest BCUT2D eigenvalue weighted by molar-refractivity contribution is 5.37. The molecule has 4 aliphatic rings.